The maximum atomic E-state index is 13.1. The van der Waals surface area contributed by atoms with E-state index in [1.807, 2.05) is 59.5 Å². The summed E-state index contributed by atoms with van der Waals surface area (Å²) in [5.41, 5.74) is 2.32. The SMILES string of the molecule is O=C(c1ccc2ccccc2n1)N1CCC[C@@H](c2ncc(Cc3ccccc3Cl)o2)C1. The van der Waals surface area contributed by atoms with Gasteiger partial charge in [-0.15, -0.1) is 0 Å². The summed E-state index contributed by atoms with van der Waals surface area (Å²) in [5, 5.41) is 1.75. The first-order chi connectivity index (χ1) is 15.2. The van der Waals surface area contributed by atoms with Crippen molar-refractivity contribution in [3.8, 4) is 0 Å². The van der Waals surface area contributed by atoms with Gasteiger partial charge >= 0.3 is 0 Å². The van der Waals surface area contributed by atoms with Crippen LogP contribution in [0.25, 0.3) is 10.9 Å². The standard InChI is InChI=1S/C25H22ClN3O2/c26-21-9-3-1-7-18(21)14-20-15-27-24(31-20)19-8-5-13-29(16-19)25(30)23-12-11-17-6-2-4-10-22(17)28-23/h1-4,6-7,9-12,15,19H,5,8,13-14,16H2/t19-/m1/s1. The van der Waals surface area contributed by atoms with Crippen molar-refractivity contribution in [3.63, 3.8) is 0 Å². The molecule has 0 N–H and O–H groups in total. The molecule has 1 amide bonds. The van der Waals surface area contributed by atoms with E-state index in [0.717, 1.165) is 46.6 Å². The summed E-state index contributed by atoms with van der Waals surface area (Å²) in [6.45, 7) is 1.30. The molecule has 0 bridgehead atoms. The number of carbonyl (C=O) groups is 1. The number of fused-ring (bicyclic) bond motifs is 1. The molecule has 6 heteroatoms. The fourth-order valence-electron chi connectivity index (χ4n) is 4.13. The Hall–Kier alpha value is -3.18. The van der Waals surface area contributed by atoms with E-state index in [1.54, 1.807) is 12.3 Å². The maximum Gasteiger partial charge on any atom is 0.272 e. The third-order valence-electron chi connectivity index (χ3n) is 5.77. The number of benzene rings is 2. The Labute approximate surface area is 185 Å². The van der Waals surface area contributed by atoms with Crippen LogP contribution in [0.3, 0.4) is 0 Å². The van der Waals surface area contributed by atoms with Crippen molar-refractivity contribution >= 4 is 28.4 Å². The van der Waals surface area contributed by atoms with E-state index in [1.165, 1.54) is 0 Å². The van der Waals surface area contributed by atoms with Crippen molar-refractivity contribution in [2.45, 2.75) is 25.2 Å². The summed E-state index contributed by atoms with van der Waals surface area (Å²) in [6.07, 6.45) is 4.22. The zero-order chi connectivity index (χ0) is 21.2. The van der Waals surface area contributed by atoms with Crippen LogP contribution in [0, 0.1) is 0 Å². The predicted octanol–water partition coefficient (Wildman–Crippen LogP) is 5.49. The number of nitrogens with zero attached hydrogens (tertiary/aromatic N) is 3. The van der Waals surface area contributed by atoms with E-state index in [0.29, 0.717) is 24.6 Å². The van der Waals surface area contributed by atoms with E-state index >= 15 is 0 Å². The Bertz CT molecular complexity index is 1240. The molecule has 0 spiro atoms. The lowest BCUT2D eigenvalue weighted by Crippen LogP contribution is -2.39. The van der Waals surface area contributed by atoms with E-state index in [9.17, 15) is 4.79 Å². The highest BCUT2D eigenvalue weighted by molar-refractivity contribution is 6.31. The number of pyridine rings is 1. The molecule has 0 unspecified atom stereocenters. The highest BCUT2D eigenvalue weighted by atomic mass is 35.5. The second-order valence-corrected chi connectivity index (χ2v) is 8.32. The van der Waals surface area contributed by atoms with Crippen LogP contribution < -0.4 is 0 Å². The monoisotopic (exact) mass is 431 g/mol. The number of likely N-dealkylation sites (tertiary alicyclic amines) is 1. The molecule has 2 aromatic carbocycles. The number of carbonyl (C=O) groups excluding carboxylic acids is 1. The predicted molar refractivity (Wildman–Crippen MR) is 120 cm³/mol. The number of piperidine rings is 1. The maximum absolute atomic E-state index is 13.1. The Morgan fingerprint density at radius 1 is 1.10 bits per heavy atom. The third kappa shape index (κ3) is 4.19. The lowest BCUT2D eigenvalue weighted by atomic mass is 9.97. The first-order valence-corrected chi connectivity index (χ1v) is 10.9. The van der Waals surface area contributed by atoms with Crippen LogP contribution in [-0.4, -0.2) is 33.9 Å². The Morgan fingerprint density at radius 3 is 2.84 bits per heavy atom. The number of amides is 1. The first kappa shape index (κ1) is 19.8. The van der Waals surface area contributed by atoms with Crippen LogP contribution in [0.5, 0.6) is 0 Å². The molecule has 1 aliphatic heterocycles. The van der Waals surface area contributed by atoms with Gasteiger partial charge < -0.3 is 9.32 Å². The highest BCUT2D eigenvalue weighted by Gasteiger charge is 2.29. The summed E-state index contributed by atoms with van der Waals surface area (Å²) >= 11 is 6.27. The molecule has 0 saturated carbocycles. The van der Waals surface area contributed by atoms with E-state index < -0.39 is 0 Å². The van der Waals surface area contributed by atoms with E-state index in [-0.39, 0.29) is 11.8 Å². The number of oxazole rings is 1. The molecule has 3 heterocycles. The third-order valence-corrected chi connectivity index (χ3v) is 6.14. The molecule has 31 heavy (non-hydrogen) atoms. The van der Waals surface area contributed by atoms with Gasteiger partial charge in [0.2, 0.25) is 0 Å². The van der Waals surface area contributed by atoms with Gasteiger partial charge in [-0.05, 0) is 36.6 Å². The topological polar surface area (TPSA) is 59.2 Å². The van der Waals surface area contributed by atoms with Crippen molar-refractivity contribution in [3.05, 3.63) is 94.8 Å². The summed E-state index contributed by atoms with van der Waals surface area (Å²) in [5.74, 6) is 1.50. The van der Waals surface area contributed by atoms with Gasteiger partial charge in [-0.2, -0.15) is 0 Å². The second-order valence-electron chi connectivity index (χ2n) is 7.91. The summed E-state index contributed by atoms with van der Waals surface area (Å²) < 4.78 is 6.05. The minimum absolute atomic E-state index is 0.0432. The highest BCUT2D eigenvalue weighted by Crippen LogP contribution is 2.29. The van der Waals surface area contributed by atoms with Crippen molar-refractivity contribution in [2.24, 2.45) is 0 Å². The average molecular weight is 432 g/mol. The minimum atomic E-state index is -0.0432. The molecule has 156 valence electrons. The number of para-hydroxylation sites is 1. The molecule has 1 fully saturated rings. The summed E-state index contributed by atoms with van der Waals surface area (Å²) in [4.78, 5) is 24.0. The number of rotatable bonds is 4. The van der Waals surface area contributed by atoms with Gasteiger partial charge in [0.25, 0.3) is 5.91 Å². The quantitative estimate of drug-likeness (QED) is 0.429. The molecule has 4 aromatic rings. The van der Waals surface area contributed by atoms with Crippen molar-refractivity contribution < 1.29 is 9.21 Å². The lowest BCUT2D eigenvalue weighted by Gasteiger charge is -2.31. The minimum Gasteiger partial charge on any atom is -0.445 e. The van der Waals surface area contributed by atoms with E-state index in [2.05, 4.69) is 9.97 Å². The molecule has 2 aromatic heterocycles. The normalized spacial score (nSPS) is 16.5. The van der Waals surface area contributed by atoms with Gasteiger partial charge in [0.05, 0.1) is 17.6 Å². The van der Waals surface area contributed by atoms with Gasteiger partial charge in [-0.25, -0.2) is 9.97 Å². The smallest absolute Gasteiger partial charge is 0.272 e. The van der Waals surface area contributed by atoms with Gasteiger partial charge in [-0.1, -0.05) is 54.1 Å². The number of aromatic nitrogens is 2. The average Bonchev–Trinajstić information content (AvgIpc) is 3.28. The molecular formula is C25H22ClN3O2. The van der Waals surface area contributed by atoms with Gasteiger partial charge in [0, 0.05) is 29.9 Å². The number of hydrogen-bond acceptors (Lipinski definition) is 4. The van der Waals surface area contributed by atoms with Crippen molar-refractivity contribution in [2.75, 3.05) is 13.1 Å². The molecule has 5 nitrogen and oxygen atoms in total. The van der Waals surface area contributed by atoms with Crippen LogP contribution in [-0.2, 0) is 6.42 Å². The van der Waals surface area contributed by atoms with Crippen LogP contribution in [0.4, 0.5) is 0 Å². The molecule has 0 aliphatic carbocycles. The molecule has 1 saturated heterocycles. The fourth-order valence-corrected chi connectivity index (χ4v) is 4.34. The summed E-state index contributed by atoms with van der Waals surface area (Å²) in [6, 6.07) is 19.3. The van der Waals surface area contributed by atoms with E-state index in [4.69, 9.17) is 16.0 Å². The van der Waals surface area contributed by atoms with Gasteiger partial charge in [0.15, 0.2) is 5.89 Å². The van der Waals surface area contributed by atoms with Crippen LogP contribution in [0.15, 0.2) is 71.3 Å². The first-order valence-electron chi connectivity index (χ1n) is 10.5. The molecule has 1 atom stereocenters. The molecular weight excluding hydrogens is 410 g/mol. The number of hydrogen-bond donors (Lipinski definition) is 0. The second kappa shape index (κ2) is 8.52. The van der Waals surface area contributed by atoms with Crippen LogP contribution in [0.2, 0.25) is 5.02 Å². The Balaban J connectivity index is 1.30. The Morgan fingerprint density at radius 2 is 1.94 bits per heavy atom. The van der Waals surface area contributed by atoms with Crippen molar-refractivity contribution in [1.29, 1.82) is 0 Å². The largest absolute Gasteiger partial charge is 0.445 e. The lowest BCUT2D eigenvalue weighted by molar-refractivity contribution is 0.0692. The molecule has 0 radical (unpaired) electrons. The van der Waals surface area contributed by atoms with Crippen LogP contribution in [0.1, 0.15) is 46.5 Å². The molecule has 5 rings (SSSR count). The van der Waals surface area contributed by atoms with Gasteiger partial charge in [0.1, 0.15) is 11.5 Å². The van der Waals surface area contributed by atoms with Crippen molar-refractivity contribution in [1.82, 2.24) is 14.9 Å². The van der Waals surface area contributed by atoms with Gasteiger partial charge in [-0.3, -0.25) is 4.79 Å². The zero-order valence-electron chi connectivity index (χ0n) is 17.0. The number of halogens is 1. The fraction of sp³-hybridized carbons (Fsp3) is 0.240. The Kier molecular flexibility index (Phi) is 5.43. The zero-order valence-corrected chi connectivity index (χ0v) is 17.8. The van der Waals surface area contributed by atoms with Crippen LogP contribution >= 0.6 is 11.6 Å². The molecule has 1 aliphatic rings. The summed E-state index contributed by atoms with van der Waals surface area (Å²) in [7, 11) is 0.